The average molecular weight is 374 g/mol. The first-order valence-corrected chi connectivity index (χ1v) is 7.48. The highest BCUT2D eigenvalue weighted by atomic mass is 16.5. The van der Waals surface area contributed by atoms with Crippen molar-refractivity contribution in [3.05, 3.63) is 0 Å². The number of hydrogen-bond acceptors (Lipinski definition) is 10. The quantitative estimate of drug-likeness (QED) is 0.414. The Balaban J connectivity index is 3.77. The molecule has 0 unspecified atom stereocenters. The van der Waals surface area contributed by atoms with Crippen LogP contribution in [-0.2, 0) is 42.9 Å². The Labute approximate surface area is 150 Å². The van der Waals surface area contributed by atoms with Crippen molar-refractivity contribution in [1.29, 1.82) is 0 Å². The Morgan fingerprint density at radius 2 is 1.42 bits per heavy atom. The van der Waals surface area contributed by atoms with Crippen molar-refractivity contribution < 1.29 is 42.9 Å². The van der Waals surface area contributed by atoms with Crippen molar-refractivity contribution in [3.8, 4) is 0 Å². The van der Waals surface area contributed by atoms with Gasteiger partial charge in [-0.2, -0.15) is 0 Å². The summed E-state index contributed by atoms with van der Waals surface area (Å²) >= 11 is 0. The van der Waals surface area contributed by atoms with E-state index in [1.807, 2.05) is 0 Å². The van der Waals surface area contributed by atoms with E-state index in [2.05, 4.69) is 4.74 Å². The second-order valence-electron chi connectivity index (χ2n) is 5.52. The highest BCUT2D eigenvalue weighted by Crippen LogP contribution is 2.43. The van der Waals surface area contributed by atoms with E-state index in [1.165, 1.54) is 7.05 Å². The van der Waals surface area contributed by atoms with Crippen LogP contribution in [0.3, 0.4) is 0 Å². The van der Waals surface area contributed by atoms with Gasteiger partial charge in [-0.25, -0.2) is 14.6 Å². The number of carbonyl (C=O) groups excluding carboxylic acids is 5. The van der Waals surface area contributed by atoms with Gasteiger partial charge >= 0.3 is 23.9 Å². The van der Waals surface area contributed by atoms with Gasteiger partial charge in [0.15, 0.2) is 11.6 Å². The van der Waals surface area contributed by atoms with Gasteiger partial charge in [-0.3, -0.25) is 19.4 Å². The highest BCUT2D eigenvalue weighted by Gasteiger charge is 2.69. The number of hydrazine groups is 1. The van der Waals surface area contributed by atoms with Crippen LogP contribution in [0.1, 0.15) is 13.3 Å². The zero-order valence-corrected chi connectivity index (χ0v) is 15.4. The third-order valence-electron chi connectivity index (χ3n) is 4.40. The van der Waals surface area contributed by atoms with Gasteiger partial charge in [0.2, 0.25) is 5.91 Å². The molecule has 0 N–H and O–H groups in total. The minimum atomic E-state index is -2.04. The summed E-state index contributed by atoms with van der Waals surface area (Å²) in [7, 11) is 5.53. The van der Waals surface area contributed by atoms with Gasteiger partial charge in [-0.15, -0.1) is 0 Å². The Bertz CT molecular complexity index is 620. The number of ether oxygens (including phenoxy) is 4. The molecule has 3 atom stereocenters. The van der Waals surface area contributed by atoms with Gasteiger partial charge in [-0.1, -0.05) is 0 Å². The number of carbonyl (C=O) groups is 5. The number of methoxy groups -OCH3 is 4. The van der Waals surface area contributed by atoms with Crippen molar-refractivity contribution in [2.75, 3.05) is 35.5 Å². The molecule has 1 aliphatic rings. The Hall–Kier alpha value is -2.69. The Morgan fingerprint density at radius 3 is 1.81 bits per heavy atom. The molecule has 0 radical (unpaired) electrons. The van der Waals surface area contributed by atoms with E-state index in [-0.39, 0.29) is 0 Å². The maximum atomic E-state index is 12.7. The molecule has 0 aromatic heterocycles. The first-order valence-electron chi connectivity index (χ1n) is 7.48. The number of hydrogen-bond donors (Lipinski definition) is 0. The predicted octanol–water partition coefficient (Wildman–Crippen LogP) is -1.50. The summed E-state index contributed by atoms with van der Waals surface area (Å²) in [5.74, 6) is -6.07. The van der Waals surface area contributed by atoms with Crippen LogP contribution >= 0.6 is 0 Å². The molecule has 1 amide bonds. The molecule has 0 bridgehead atoms. The van der Waals surface area contributed by atoms with Gasteiger partial charge in [0.05, 0.1) is 34.9 Å². The monoisotopic (exact) mass is 374 g/mol. The zero-order chi connectivity index (χ0) is 20.2. The van der Waals surface area contributed by atoms with E-state index in [1.54, 1.807) is 0 Å². The molecule has 0 aromatic rings. The number of likely N-dealkylation sites (N-methyl/N-ethyl adjacent to an activating group) is 1. The standard InChI is InChI=1S/C15H22N2O9/c1-8(18)17-11(13(21)25-5)10(12(20)24-4)15(16(17)2,14(22)26-6)7-9(19)23-3/h10-11H,7H2,1-6H3/t10-,11+,15+/m1/s1. The van der Waals surface area contributed by atoms with E-state index in [0.29, 0.717) is 0 Å². The number of esters is 4. The molecule has 146 valence electrons. The minimum Gasteiger partial charge on any atom is -0.469 e. The molecule has 1 saturated heterocycles. The summed E-state index contributed by atoms with van der Waals surface area (Å²) in [5.41, 5.74) is -2.04. The third kappa shape index (κ3) is 3.21. The summed E-state index contributed by atoms with van der Waals surface area (Å²) in [4.78, 5) is 61.7. The van der Waals surface area contributed by atoms with Crippen LogP contribution in [0.4, 0.5) is 0 Å². The largest absolute Gasteiger partial charge is 0.469 e. The smallest absolute Gasteiger partial charge is 0.331 e. The molecule has 26 heavy (non-hydrogen) atoms. The molecular weight excluding hydrogens is 352 g/mol. The summed E-state index contributed by atoms with van der Waals surface area (Å²) in [6.07, 6.45) is -0.663. The molecule has 11 heteroatoms. The van der Waals surface area contributed by atoms with Gasteiger partial charge in [-0.05, 0) is 0 Å². The lowest BCUT2D eigenvalue weighted by Crippen LogP contribution is -2.59. The molecule has 0 saturated carbocycles. The number of amides is 1. The van der Waals surface area contributed by atoms with E-state index in [0.717, 1.165) is 45.4 Å². The summed E-state index contributed by atoms with van der Waals surface area (Å²) < 4.78 is 18.8. The van der Waals surface area contributed by atoms with Crippen LogP contribution < -0.4 is 0 Å². The first-order chi connectivity index (χ1) is 12.1. The van der Waals surface area contributed by atoms with Crippen LogP contribution in [0.15, 0.2) is 0 Å². The van der Waals surface area contributed by atoms with Crippen molar-refractivity contribution in [1.82, 2.24) is 10.0 Å². The molecule has 1 fully saturated rings. The molecule has 0 aromatic carbocycles. The second-order valence-corrected chi connectivity index (χ2v) is 5.52. The van der Waals surface area contributed by atoms with Crippen LogP contribution in [-0.4, -0.2) is 86.9 Å². The van der Waals surface area contributed by atoms with Gasteiger partial charge in [0, 0.05) is 14.0 Å². The molecule has 0 spiro atoms. The molecular formula is C15H22N2O9. The molecule has 1 rings (SSSR count). The van der Waals surface area contributed by atoms with E-state index >= 15 is 0 Å². The summed E-state index contributed by atoms with van der Waals surface area (Å²) in [5, 5.41) is 1.90. The fourth-order valence-electron chi connectivity index (χ4n) is 3.22. The normalized spacial score (nSPS) is 25.4. The fraction of sp³-hybridized carbons (Fsp3) is 0.667. The molecule has 1 heterocycles. The van der Waals surface area contributed by atoms with E-state index in [9.17, 15) is 24.0 Å². The van der Waals surface area contributed by atoms with Crippen molar-refractivity contribution >= 4 is 29.8 Å². The minimum absolute atomic E-state index is 0.660. The molecule has 0 aliphatic carbocycles. The number of nitrogens with zero attached hydrogens (tertiary/aromatic N) is 2. The fourth-order valence-corrected chi connectivity index (χ4v) is 3.22. The van der Waals surface area contributed by atoms with Gasteiger partial charge in [0.1, 0.15) is 5.92 Å². The Morgan fingerprint density at radius 1 is 0.885 bits per heavy atom. The van der Waals surface area contributed by atoms with Crippen LogP contribution in [0.5, 0.6) is 0 Å². The topological polar surface area (TPSA) is 129 Å². The van der Waals surface area contributed by atoms with E-state index in [4.69, 9.17) is 14.2 Å². The van der Waals surface area contributed by atoms with Gasteiger partial charge in [0.25, 0.3) is 0 Å². The Kier molecular flexibility index (Phi) is 6.67. The first kappa shape index (κ1) is 21.4. The maximum absolute atomic E-state index is 12.7. The van der Waals surface area contributed by atoms with Crippen molar-refractivity contribution in [3.63, 3.8) is 0 Å². The lowest BCUT2D eigenvalue weighted by molar-refractivity contribution is -0.176. The average Bonchev–Trinajstić information content (AvgIpc) is 2.89. The predicted molar refractivity (Wildman–Crippen MR) is 83.0 cm³/mol. The molecule has 11 nitrogen and oxygen atoms in total. The van der Waals surface area contributed by atoms with Gasteiger partial charge < -0.3 is 18.9 Å². The van der Waals surface area contributed by atoms with Crippen molar-refractivity contribution in [2.24, 2.45) is 5.92 Å². The van der Waals surface area contributed by atoms with Crippen molar-refractivity contribution in [2.45, 2.75) is 24.9 Å². The zero-order valence-electron chi connectivity index (χ0n) is 15.4. The third-order valence-corrected chi connectivity index (χ3v) is 4.40. The summed E-state index contributed by atoms with van der Waals surface area (Å²) in [6.45, 7) is 1.13. The van der Waals surface area contributed by atoms with E-state index < -0.39 is 53.7 Å². The van der Waals surface area contributed by atoms with Crippen LogP contribution in [0.2, 0.25) is 0 Å². The maximum Gasteiger partial charge on any atom is 0.331 e. The molecule has 1 aliphatic heterocycles. The lowest BCUT2D eigenvalue weighted by Gasteiger charge is -2.36. The SMILES string of the molecule is COC(=O)C[C@@]1(C(=O)OC)[C@@H](C(=O)OC)[C@@H](C(=O)OC)N(C(C)=O)N1C. The lowest BCUT2D eigenvalue weighted by atomic mass is 9.78. The highest BCUT2D eigenvalue weighted by molar-refractivity contribution is 5.99. The van der Waals surface area contributed by atoms with Crippen LogP contribution in [0, 0.1) is 5.92 Å². The second kappa shape index (κ2) is 8.13. The summed E-state index contributed by atoms with van der Waals surface area (Å²) in [6, 6.07) is -1.53. The van der Waals surface area contributed by atoms with Crippen LogP contribution in [0.25, 0.3) is 0 Å². The number of rotatable bonds is 5.